The zero-order chi connectivity index (χ0) is 20.9. The van der Waals surface area contributed by atoms with Crippen LogP contribution in [0.15, 0.2) is 54.9 Å². The SMILES string of the molecule is C/C=C/c1ccc([C@@H]2[C@H]3CN(C(=O)Cc4ccncc4)CCCCN3[C@H]2CO)cc1. The van der Waals surface area contributed by atoms with Gasteiger partial charge in [0.1, 0.15) is 0 Å². The molecule has 2 aromatic rings. The van der Waals surface area contributed by atoms with Crippen LogP contribution in [0.2, 0.25) is 0 Å². The van der Waals surface area contributed by atoms with Gasteiger partial charge in [-0.1, -0.05) is 36.4 Å². The van der Waals surface area contributed by atoms with Crippen molar-refractivity contribution in [2.75, 3.05) is 26.2 Å². The molecule has 5 nitrogen and oxygen atoms in total. The van der Waals surface area contributed by atoms with Gasteiger partial charge >= 0.3 is 0 Å². The van der Waals surface area contributed by atoms with Gasteiger partial charge in [0.25, 0.3) is 0 Å². The molecule has 0 bridgehead atoms. The Morgan fingerprint density at radius 2 is 1.87 bits per heavy atom. The van der Waals surface area contributed by atoms with Crippen molar-refractivity contribution >= 4 is 12.0 Å². The van der Waals surface area contributed by atoms with Crippen molar-refractivity contribution in [3.05, 3.63) is 71.6 Å². The van der Waals surface area contributed by atoms with Crippen LogP contribution in [0, 0.1) is 0 Å². The number of aromatic nitrogens is 1. The van der Waals surface area contributed by atoms with E-state index in [1.165, 1.54) is 11.1 Å². The van der Waals surface area contributed by atoms with Crippen molar-refractivity contribution in [3.8, 4) is 0 Å². The van der Waals surface area contributed by atoms with Gasteiger partial charge in [-0.3, -0.25) is 14.7 Å². The second kappa shape index (κ2) is 9.54. The molecule has 0 radical (unpaired) electrons. The molecule has 1 N–H and O–H groups in total. The number of carbonyl (C=O) groups excluding carboxylic acids is 1. The molecule has 30 heavy (non-hydrogen) atoms. The number of carbonyl (C=O) groups is 1. The number of fused-ring (bicyclic) bond motifs is 1. The fourth-order valence-corrected chi connectivity index (χ4v) is 4.98. The minimum atomic E-state index is 0.137. The maximum atomic E-state index is 13.0. The third-order valence-electron chi connectivity index (χ3n) is 6.51. The molecule has 1 aromatic carbocycles. The number of benzene rings is 1. The van der Waals surface area contributed by atoms with Crippen molar-refractivity contribution in [2.45, 2.75) is 44.2 Å². The van der Waals surface area contributed by atoms with Crippen LogP contribution < -0.4 is 0 Å². The topological polar surface area (TPSA) is 56.7 Å². The zero-order valence-electron chi connectivity index (χ0n) is 17.7. The van der Waals surface area contributed by atoms with E-state index in [4.69, 9.17) is 0 Å². The maximum Gasteiger partial charge on any atom is 0.227 e. The van der Waals surface area contributed by atoms with E-state index >= 15 is 0 Å². The summed E-state index contributed by atoms with van der Waals surface area (Å²) in [5.41, 5.74) is 3.45. The van der Waals surface area contributed by atoms with E-state index in [2.05, 4.69) is 40.2 Å². The Labute approximate surface area is 179 Å². The van der Waals surface area contributed by atoms with Crippen molar-refractivity contribution in [1.29, 1.82) is 0 Å². The fraction of sp³-hybridized carbons (Fsp3) is 0.440. The molecular weight excluding hydrogens is 374 g/mol. The minimum absolute atomic E-state index is 0.137. The highest BCUT2D eigenvalue weighted by molar-refractivity contribution is 5.78. The first-order valence-electron chi connectivity index (χ1n) is 11.0. The maximum absolute atomic E-state index is 13.0. The lowest BCUT2D eigenvalue weighted by Gasteiger charge is -2.57. The largest absolute Gasteiger partial charge is 0.395 e. The quantitative estimate of drug-likeness (QED) is 0.831. The summed E-state index contributed by atoms with van der Waals surface area (Å²) in [5, 5.41) is 10.1. The van der Waals surface area contributed by atoms with Gasteiger partial charge in [0.05, 0.1) is 13.0 Å². The Balaban J connectivity index is 1.52. The highest BCUT2D eigenvalue weighted by Crippen LogP contribution is 2.42. The first kappa shape index (κ1) is 20.8. The molecule has 5 heteroatoms. The minimum Gasteiger partial charge on any atom is -0.395 e. The normalized spacial score (nSPS) is 24.7. The van der Waals surface area contributed by atoms with Crippen LogP contribution in [-0.4, -0.2) is 64.1 Å². The molecule has 1 aromatic heterocycles. The van der Waals surface area contributed by atoms with Gasteiger partial charge in [-0.25, -0.2) is 0 Å². The molecule has 0 spiro atoms. The van der Waals surface area contributed by atoms with Crippen LogP contribution in [0.25, 0.3) is 6.08 Å². The first-order chi connectivity index (χ1) is 14.7. The summed E-state index contributed by atoms with van der Waals surface area (Å²) in [6, 6.07) is 12.9. The van der Waals surface area contributed by atoms with Crippen LogP contribution in [0.4, 0.5) is 0 Å². The first-order valence-corrected chi connectivity index (χ1v) is 11.0. The Morgan fingerprint density at radius 1 is 1.13 bits per heavy atom. The lowest BCUT2D eigenvalue weighted by molar-refractivity contribution is -0.135. The molecule has 2 saturated heterocycles. The Hall–Kier alpha value is -2.50. The highest BCUT2D eigenvalue weighted by Gasteiger charge is 2.49. The summed E-state index contributed by atoms with van der Waals surface area (Å²) < 4.78 is 0. The van der Waals surface area contributed by atoms with Crippen LogP contribution in [0.1, 0.15) is 42.4 Å². The number of aliphatic hydroxyl groups excluding tert-OH is 1. The second-order valence-corrected chi connectivity index (χ2v) is 8.33. The van der Waals surface area contributed by atoms with Gasteiger partial charge < -0.3 is 10.0 Å². The number of hydrogen-bond donors (Lipinski definition) is 1. The van der Waals surface area contributed by atoms with E-state index < -0.39 is 0 Å². The average molecular weight is 406 g/mol. The molecule has 4 rings (SSSR count). The van der Waals surface area contributed by atoms with Crippen LogP contribution in [0.5, 0.6) is 0 Å². The molecule has 0 aliphatic carbocycles. The molecular formula is C25H31N3O2. The van der Waals surface area contributed by atoms with Gasteiger partial charge in [-0.2, -0.15) is 0 Å². The van der Waals surface area contributed by atoms with Crippen LogP contribution >= 0.6 is 0 Å². The van der Waals surface area contributed by atoms with Gasteiger partial charge in [-0.15, -0.1) is 0 Å². The summed E-state index contributed by atoms with van der Waals surface area (Å²) in [7, 11) is 0. The van der Waals surface area contributed by atoms with Gasteiger partial charge in [0.2, 0.25) is 5.91 Å². The lowest BCUT2D eigenvalue weighted by Crippen LogP contribution is -2.68. The van der Waals surface area contributed by atoms with Crippen molar-refractivity contribution < 1.29 is 9.90 Å². The fourth-order valence-electron chi connectivity index (χ4n) is 4.98. The van der Waals surface area contributed by atoms with Crippen LogP contribution in [-0.2, 0) is 11.2 Å². The average Bonchev–Trinajstić information content (AvgIpc) is 2.74. The molecule has 158 valence electrons. The number of pyridine rings is 1. The highest BCUT2D eigenvalue weighted by atomic mass is 16.3. The third kappa shape index (κ3) is 4.32. The summed E-state index contributed by atoms with van der Waals surface area (Å²) >= 11 is 0. The van der Waals surface area contributed by atoms with Crippen LogP contribution in [0.3, 0.4) is 0 Å². The van der Waals surface area contributed by atoms with E-state index in [-0.39, 0.29) is 30.5 Å². The zero-order valence-corrected chi connectivity index (χ0v) is 17.7. The monoisotopic (exact) mass is 405 g/mol. The predicted octanol–water partition coefficient (Wildman–Crippen LogP) is 3.11. The van der Waals surface area contributed by atoms with Crippen molar-refractivity contribution in [3.63, 3.8) is 0 Å². The molecule has 2 fully saturated rings. The number of rotatable bonds is 5. The predicted molar refractivity (Wildman–Crippen MR) is 119 cm³/mol. The molecule has 2 aliphatic rings. The molecule has 2 aliphatic heterocycles. The molecule has 1 amide bonds. The molecule has 0 saturated carbocycles. The van der Waals surface area contributed by atoms with Gasteiger partial charge in [-0.05, 0) is 55.1 Å². The number of allylic oxidation sites excluding steroid dienone is 1. The van der Waals surface area contributed by atoms with E-state index in [9.17, 15) is 9.90 Å². The molecule has 3 atom stereocenters. The number of aliphatic hydroxyl groups is 1. The summed E-state index contributed by atoms with van der Waals surface area (Å²) in [5.74, 6) is 0.432. The van der Waals surface area contributed by atoms with Crippen molar-refractivity contribution in [2.24, 2.45) is 0 Å². The summed E-state index contributed by atoms with van der Waals surface area (Å²) in [6.45, 7) is 4.70. The smallest absolute Gasteiger partial charge is 0.227 e. The number of nitrogens with zero attached hydrogens (tertiary/aromatic N) is 3. The summed E-state index contributed by atoms with van der Waals surface area (Å²) in [4.78, 5) is 21.5. The Kier molecular flexibility index (Phi) is 6.60. The number of hydrogen-bond acceptors (Lipinski definition) is 4. The molecule has 0 unspecified atom stereocenters. The Morgan fingerprint density at radius 3 is 2.57 bits per heavy atom. The van der Waals surface area contributed by atoms with E-state index in [0.717, 1.165) is 38.0 Å². The standard InChI is InChI=1S/C25H31N3O2/c1-2-5-19-6-8-21(9-7-19)25-22-17-27(14-3-4-15-28(22)23(25)18-29)24(30)16-20-10-12-26-13-11-20/h2,5-13,22-23,25,29H,3-4,14-18H2,1H3/b5-2+/t22-,23+,25-/m1/s1. The van der Waals surface area contributed by atoms with E-state index in [1.54, 1.807) is 12.4 Å². The molecule has 3 heterocycles. The van der Waals surface area contributed by atoms with E-state index in [0.29, 0.717) is 6.42 Å². The Bertz CT molecular complexity index is 866. The second-order valence-electron chi connectivity index (χ2n) is 8.33. The summed E-state index contributed by atoms with van der Waals surface area (Å²) in [6.07, 6.45) is 10.1. The van der Waals surface area contributed by atoms with Gasteiger partial charge in [0.15, 0.2) is 0 Å². The number of amides is 1. The van der Waals surface area contributed by atoms with E-state index in [1.807, 2.05) is 30.0 Å². The van der Waals surface area contributed by atoms with Crippen molar-refractivity contribution in [1.82, 2.24) is 14.8 Å². The lowest BCUT2D eigenvalue weighted by atomic mass is 9.74. The van der Waals surface area contributed by atoms with Gasteiger partial charge in [0, 0.05) is 43.5 Å². The third-order valence-corrected chi connectivity index (χ3v) is 6.51.